The molecule has 0 saturated carbocycles. The summed E-state index contributed by atoms with van der Waals surface area (Å²) in [4.78, 5) is 21.8. The molecule has 0 aliphatic rings. The molecule has 0 radical (unpaired) electrons. The summed E-state index contributed by atoms with van der Waals surface area (Å²) in [6.07, 6.45) is -0.0393. The van der Waals surface area contributed by atoms with Crippen LogP contribution in [0.5, 0.6) is 0 Å². The maximum Gasteiger partial charge on any atom is 0.321 e. The van der Waals surface area contributed by atoms with Gasteiger partial charge in [-0.1, -0.05) is 11.3 Å². The van der Waals surface area contributed by atoms with E-state index in [-0.39, 0.29) is 18.2 Å². The fraction of sp³-hybridized carbons (Fsp3) is 0.556. The second-order valence-electron chi connectivity index (χ2n) is 3.85. The average molecular weight is 338 g/mol. The molecule has 1 atom stereocenters. The Morgan fingerprint density at radius 3 is 2.62 bits per heavy atom. The number of hydrogen-bond acceptors (Lipinski definition) is 8. The minimum Gasteiger partial charge on any atom is -0.480 e. The van der Waals surface area contributed by atoms with Gasteiger partial charge in [0.1, 0.15) is 6.04 Å². The van der Waals surface area contributed by atoms with Gasteiger partial charge in [0.25, 0.3) is 10.0 Å². The molecule has 1 aromatic heterocycles. The number of rotatable bonds is 8. The molecule has 1 amide bonds. The van der Waals surface area contributed by atoms with E-state index in [1.165, 1.54) is 14.0 Å². The molecule has 21 heavy (non-hydrogen) atoms. The van der Waals surface area contributed by atoms with Gasteiger partial charge in [0, 0.05) is 20.6 Å². The number of anilines is 1. The van der Waals surface area contributed by atoms with Gasteiger partial charge < -0.3 is 15.2 Å². The fourth-order valence-electron chi connectivity index (χ4n) is 1.23. The number of hydrogen-bond donors (Lipinski definition) is 3. The first-order valence-corrected chi connectivity index (χ1v) is 7.91. The topological polar surface area (TPSA) is 148 Å². The van der Waals surface area contributed by atoms with Gasteiger partial charge in [-0.25, -0.2) is 8.42 Å². The third-order valence-corrected chi connectivity index (χ3v) is 4.80. The average Bonchev–Trinajstić information content (AvgIpc) is 2.82. The number of methoxy groups -OCH3 is 1. The molecule has 0 saturated heterocycles. The lowest BCUT2D eigenvalue weighted by Gasteiger charge is -2.12. The molecule has 0 aromatic carbocycles. The van der Waals surface area contributed by atoms with Crippen molar-refractivity contribution in [2.24, 2.45) is 0 Å². The Balaban J connectivity index is 2.86. The Kier molecular flexibility index (Phi) is 6.14. The largest absolute Gasteiger partial charge is 0.480 e. The van der Waals surface area contributed by atoms with Crippen molar-refractivity contribution in [2.45, 2.75) is 23.7 Å². The molecule has 1 rings (SSSR count). The van der Waals surface area contributed by atoms with Crippen molar-refractivity contribution in [1.29, 1.82) is 0 Å². The van der Waals surface area contributed by atoms with Gasteiger partial charge in [0.05, 0.1) is 0 Å². The van der Waals surface area contributed by atoms with Crippen LogP contribution in [-0.4, -0.2) is 55.4 Å². The Morgan fingerprint density at radius 1 is 1.43 bits per heavy atom. The van der Waals surface area contributed by atoms with E-state index in [1.54, 1.807) is 0 Å². The first-order chi connectivity index (χ1) is 9.76. The van der Waals surface area contributed by atoms with Gasteiger partial charge in [-0.05, 0) is 6.42 Å². The molecule has 12 heteroatoms. The van der Waals surface area contributed by atoms with Gasteiger partial charge in [-0.3, -0.25) is 9.59 Å². The van der Waals surface area contributed by atoms with Crippen LogP contribution in [0.1, 0.15) is 13.3 Å². The number of aliphatic carboxylic acids is 1. The summed E-state index contributed by atoms with van der Waals surface area (Å²) >= 11 is 0.617. The van der Waals surface area contributed by atoms with Gasteiger partial charge in [0.2, 0.25) is 15.4 Å². The van der Waals surface area contributed by atoms with Crippen molar-refractivity contribution in [3.8, 4) is 0 Å². The smallest absolute Gasteiger partial charge is 0.321 e. The lowest BCUT2D eigenvalue weighted by atomic mass is 10.2. The van der Waals surface area contributed by atoms with Crippen LogP contribution in [0.4, 0.5) is 5.13 Å². The summed E-state index contributed by atoms with van der Waals surface area (Å²) in [5.74, 6) is -1.76. The highest BCUT2D eigenvalue weighted by molar-refractivity contribution is 7.91. The standard InChI is InChI=1S/C9H14N4O6S2/c1-5(14)10-8-11-12-9(20-8)21(17,18)13-6(7(15)16)3-4-19-2/h6,13H,3-4H2,1-2H3,(H,15,16)(H,10,11,14). The monoisotopic (exact) mass is 338 g/mol. The van der Waals surface area contributed by atoms with Crippen LogP contribution in [0.15, 0.2) is 4.34 Å². The lowest BCUT2D eigenvalue weighted by Crippen LogP contribution is -2.41. The highest BCUT2D eigenvalue weighted by atomic mass is 32.2. The molecular weight excluding hydrogens is 324 g/mol. The van der Waals surface area contributed by atoms with Crippen molar-refractivity contribution < 1.29 is 27.9 Å². The summed E-state index contributed by atoms with van der Waals surface area (Å²) in [6, 6.07) is -1.34. The van der Waals surface area contributed by atoms with E-state index in [0.29, 0.717) is 11.3 Å². The molecule has 3 N–H and O–H groups in total. The summed E-state index contributed by atoms with van der Waals surface area (Å²) in [7, 11) is -2.77. The normalized spacial score (nSPS) is 12.9. The van der Waals surface area contributed by atoms with Crippen LogP contribution < -0.4 is 10.0 Å². The number of nitrogens with zero attached hydrogens (tertiary/aromatic N) is 2. The first kappa shape index (κ1) is 17.4. The van der Waals surface area contributed by atoms with Crippen LogP contribution in [0.3, 0.4) is 0 Å². The van der Waals surface area contributed by atoms with E-state index in [2.05, 4.69) is 15.5 Å². The molecule has 0 fully saturated rings. The molecule has 1 aromatic rings. The van der Waals surface area contributed by atoms with Crippen LogP contribution in [0.25, 0.3) is 0 Å². The summed E-state index contributed by atoms with van der Waals surface area (Å²) < 4.78 is 30.3. The van der Waals surface area contributed by atoms with Gasteiger partial charge >= 0.3 is 5.97 Å². The van der Waals surface area contributed by atoms with Crippen molar-refractivity contribution in [2.75, 3.05) is 19.0 Å². The number of nitrogens with one attached hydrogen (secondary N) is 2. The number of amides is 1. The first-order valence-electron chi connectivity index (χ1n) is 5.61. The summed E-state index contributed by atoms with van der Waals surface area (Å²) in [5, 5.41) is 18.1. The van der Waals surface area contributed by atoms with Crippen LogP contribution in [0, 0.1) is 0 Å². The third kappa shape index (κ3) is 5.34. The van der Waals surface area contributed by atoms with Crippen LogP contribution in [0.2, 0.25) is 0 Å². The minimum atomic E-state index is -4.14. The minimum absolute atomic E-state index is 0.00615. The maximum atomic E-state index is 12.0. The molecule has 10 nitrogen and oxygen atoms in total. The predicted octanol–water partition coefficient (Wildman–Crippen LogP) is -0.735. The van der Waals surface area contributed by atoms with Crippen molar-refractivity contribution in [3.05, 3.63) is 0 Å². The van der Waals surface area contributed by atoms with E-state index in [1.807, 2.05) is 4.72 Å². The maximum absolute atomic E-state index is 12.0. The molecule has 0 spiro atoms. The van der Waals surface area contributed by atoms with E-state index in [4.69, 9.17) is 9.84 Å². The number of sulfonamides is 1. The van der Waals surface area contributed by atoms with Gasteiger partial charge in [-0.15, -0.1) is 10.2 Å². The number of ether oxygens (including phenoxy) is 1. The molecule has 0 aliphatic carbocycles. The quantitative estimate of drug-likeness (QED) is 0.525. The van der Waals surface area contributed by atoms with Crippen LogP contribution in [-0.2, 0) is 24.3 Å². The number of carboxylic acids is 1. The van der Waals surface area contributed by atoms with E-state index < -0.39 is 32.3 Å². The van der Waals surface area contributed by atoms with E-state index in [9.17, 15) is 18.0 Å². The highest BCUT2D eigenvalue weighted by Crippen LogP contribution is 2.20. The number of carbonyl (C=O) groups is 2. The van der Waals surface area contributed by atoms with Crippen molar-refractivity contribution in [1.82, 2.24) is 14.9 Å². The van der Waals surface area contributed by atoms with E-state index >= 15 is 0 Å². The Bertz CT molecular complexity index is 614. The zero-order chi connectivity index (χ0) is 16.0. The fourth-order valence-corrected chi connectivity index (χ4v) is 3.41. The molecule has 0 bridgehead atoms. The predicted molar refractivity (Wildman–Crippen MR) is 72.5 cm³/mol. The Morgan fingerprint density at radius 2 is 2.10 bits per heavy atom. The second kappa shape index (κ2) is 7.40. The van der Waals surface area contributed by atoms with Crippen LogP contribution >= 0.6 is 11.3 Å². The Hall–Kier alpha value is -1.63. The number of carboxylic acid groups (broad SMARTS) is 1. The molecular formula is C9H14N4O6S2. The van der Waals surface area contributed by atoms with E-state index in [0.717, 1.165) is 0 Å². The molecule has 1 heterocycles. The molecule has 1 unspecified atom stereocenters. The zero-order valence-corrected chi connectivity index (χ0v) is 12.8. The second-order valence-corrected chi connectivity index (χ2v) is 6.71. The summed E-state index contributed by atoms with van der Waals surface area (Å²) in [6.45, 7) is 1.31. The zero-order valence-electron chi connectivity index (χ0n) is 11.2. The van der Waals surface area contributed by atoms with Gasteiger partial charge in [-0.2, -0.15) is 4.72 Å². The molecule has 118 valence electrons. The van der Waals surface area contributed by atoms with Crippen molar-refractivity contribution in [3.63, 3.8) is 0 Å². The highest BCUT2D eigenvalue weighted by Gasteiger charge is 2.28. The third-order valence-electron chi connectivity index (χ3n) is 2.13. The lowest BCUT2D eigenvalue weighted by molar-refractivity contribution is -0.139. The molecule has 0 aliphatic heterocycles. The number of aromatic nitrogens is 2. The Labute approximate surface area is 124 Å². The number of carbonyl (C=O) groups excluding carboxylic acids is 1. The van der Waals surface area contributed by atoms with Crippen molar-refractivity contribution >= 4 is 38.4 Å². The SMILES string of the molecule is COCCC(NS(=O)(=O)c1nnc(NC(C)=O)s1)C(=O)O. The summed E-state index contributed by atoms with van der Waals surface area (Å²) in [5.41, 5.74) is 0. The van der Waals surface area contributed by atoms with Gasteiger partial charge in [0.15, 0.2) is 0 Å².